The molecule has 24 heavy (non-hydrogen) atoms. The number of ketones is 1. The largest absolute Gasteiger partial charge is 0.292 e. The van der Waals surface area contributed by atoms with Crippen molar-refractivity contribution in [3.05, 3.63) is 34.9 Å². The van der Waals surface area contributed by atoms with Gasteiger partial charge in [-0.3, -0.25) is 19.3 Å². The van der Waals surface area contributed by atoms with Crippen molar-refractivity contribution in [2.75, 3.05) is 6.54 Å². The third kappa shape index (κ3) is 2.48. The molecule has 0 bridgehead atoms. The Bertz CT molecular complexity index is 716. The van der Waals surface area contributed by atoms with Crippen LogP contribution in [0, 0.1) is 5.41 Å². The Morgan fingerprint density at radius 1 is 1.00 bits per heavy atom. The lowest BCUT2D eigenvalue weighted by Gasteiger charge is -2.30. The van der Waals surface area contributed by atoms with Crippen LogP contribution in [0.2, 0.25) is 0 Å². The van der Waals surface area contributed by atoms with Crippen molar-refractivity contribution in [1.82, 2.24) is 4.90 Å². The molecule has 0 unspecified atom stereocenters. The van der Waals surface area contributed by atoms with E-state index in [-0.39, 0.29) is 24.1 Å². The van der Waals surface area contributed by atoms with Crippen LogP contribution in [0.1, 0.15) is 66.4 Å². The predicted molar refractivity (Wildman–Crippen MR) is 89.7 cm³/mol. The molecule has 0 radical (unpaired) electrons. The number of hydrogen-bond donors (Lipinski definition) is 0. The molecular weight excluding hydrogens is 302 g/mol. The number of benzene rings is 1. The molecule has 126 valence electrons. The highest BCUT2D eigenvalue weighted by Gasteiger charge is 2.51. The maximum absolute atomic E-state index is 12.8. The Morgan fingerprint density at radius 2 is 1.75 bits per heavy atom. The molecule has 0 N–H and O–H groups in total. The zero-order valence-electron chi connectivity index (χ0n) is 14.0. The van der Waals surface area contributed by atoms with E-state index in [9.17, 15) is 14.4 Å². The highest BCUT2D eigenvalue weighted by Crippen LogP contribution is 2.45. The van der Waals surface area contributed by atoms with E-state index in [1.807, 2.05) is 18.2 Å². The summed E-state index contributed by atoms with van der Waals surface area (Å²) in [6.07, 6.45) is 8.26. The first-order valence-corrected chi connectivity index (χ1v) is 9.09. The Labute approximate surface area is 142 Å². The molecule has 4 rings (SSSR count). The number of aryl methyl sites for hydroxylation is 2. The lowest BCUT2D eigenvalue weighted by atomic mass is 9.73. The van der Waals surface area contributed by atoms with E-state index in [4.69, 9.17) is 0 Å². The van der Waals surface area contributed by atoms with Crippen molar-refractivity contribution < 1.29 is 14.4 Å². The minimum absolute atomic E-state index is 0.0990. The Morgan fingerprint density at radius 3 is 2.54 bits per heavy atom. The highest BCUT2D eigenvalue weighted by molar-refractivity contribution is 6.10. The van der Waals surface area contributed by atoms with Gasteiger partial charge in [-0.05, 0) is 49.3 Å². The van der Waals surface area contributed by atoms with Crippen molar-refractivity contribution in [1.29, 1.82) is 0 Å². The fourth-order valence-corrected chi connectivity index (χ4v) is 4.62. The van der Waals surface area contributed by atoms with Gasteiger partial charge in [0, 0.05) is 12.0 Å². The van der Waals surface area contributed by atoms with Gasteiger partial charge in [0.1, 0.15) is 0 Å². The van der Waals surface area contributed by atoms with Gasteiger partial charge >= 0.3 is 0 Å². The molecular formula is C20H23NO3. The summed E-state index contributed by atoms with van der Waals surface area (Å²) >= 11 is 0. The summed E-state index contributed by atoms with van der Waals surface area (Å²) in [7, 11) is 0. The summed E-state index contributed by atoms with van der Waals surface area (Å²) in [5, 5.41) is 0. The lowest BCUT2D eigenvalue weighted by Crippen LogP contribution is -2.39. The lowest BCUT2D eigenvalue weighted by molar-refractivity contribution is -0.141. The second-order valence-electron chi connectivity index (χ2n) is 7.56. The molecule has 1 spiro atoms. The van der Waals surface area contributed by atoms with Crippen LogP contribution in [0.15, 0.2) is 18.2 Å². The van der Waals surface area contributed by atoms with Gasteiger partial charge < -0.3 is 0 Å². The van der Waals surface area contributed by atoms with Gasteiger partial charge in [-0.15, -0.1) is 0 Å². The summed E-state index contributed by atoms with van der Waals surface area (Å²) in [4.78, 5) is 39.0. The van der Waals surface area contributed by atoms with Gasteiger partial charge in [-0.2, -0.15) is 0 Å². The number of imide groups is 1. The van der Waals surface area contributed by atoms with E-state index in [0.717, 1.165) is 51.4 Å². The standard InChI is InChI=1S/C20H23NO3/c22-17(16-8-7-14-5-4-6-15(14)11-16)13-21-18(23)12-20(19(21)24)9-2-1-3-10-20/h7-8,11H,1-6,9-10,12-13H2. The zero-order chi connectivity index (χ0) is 16.7. The number of rotatable bonds is 3. The van der Waals surface area contributed by atoms with Gasteiger partial charge in [0.05, 0.1) is 12.0 Å². The number of amides is 2. The van der Waals surface area contributed by atoms with E-state index in [1.165, 1.54) is 16.0 Å². The summed E-state index contributed by atoms with van der Waals surface area (Å²) in [5.74, 6) is -0.405. The van der Waals surface area contributed by atoms with Crippen LogP contribution in [-0.2, 0) is 22.4 Å². The summed E-state index contributed by atoms with van der Waals surface area (Å²) in [6, 6.07) is 5.81. The highest BCUT2D eigenvalue weighted by atomic mass is 16.2. The molecule has 4 nitrogen and oxygen atoms in total. The smallest absolute Gasteiger partial charge is 0.236 e. The van der Waals surface area contributed by atoms with Gasteiger partial charge in [0.2, 0.25) is 11.8 Å². The van der Waals surface area contributed by atoms with Crippen LogP contribution in [0.5, 0.6) is 0 Å². The molecule has 0 atom stereocenters. The molecule has 1 saturated heterocycles. The van der Waals surface area contributed by atoms with Crippen molar-refractivity contribution in [2.24, 2.45) is 5.41 Å². The molecule has 1 aliphatic heterocycles. The van der Waals surface area contributed by atoms with E-state index >= 15 is 0 Å². The minimum Gasteiger partial charge on any atom is -0.292 e. The van der Waals surface area contributed by atoms with Crippen molar-refractivity contribution in [3.63, 3.8) is 0 Å². The van der Waals surface area contributed by atoms with Crippen LogP contribution < -0.4 is 0 Å². The molecule has 1 saturated carbocycles. The predicted octanol–water partition coefficient (Wildman–Crippen LogP) is 3.07. The van der Waals surface area contributed by atoms with Crippen LogP contribution in [0.4, 0.5) is 0 Å². The second kappa shape index (κ2) is 5.83. The molecule has 2 amide bonds. The summed E-state index contributed by atoms with van der Waals surface area (Å²) < 4.78 is 0. The van der Waals surface area contributed by atoms with Crippen LogP contribution in [-0.4, -0.2) is 29.0 Å². The van der Waals surface area contributed by atoms with Crippen LogP contribution >= 0.6 is 0 Å². The fourth-order valence-electron chi connectivity index (χ4n) is 4.62. The molecule has 1 heterocycles. The number of carbonyl (C=O) groups is 3. The van der Waals surface area contributed by atoms with E-state index in [0.29, 0.717) is 12.0 Å². The topological polar surface area (TPSA) is 54.5 Å². The first-order valence-electron chi connectivity index (χ1n) is 9.09. The van der Waals surface area contributed by atoms with E-state index in [1.54, 1.807) is 0 Å². The zero-order valence-corrected chi connectivity index (χ0v) is 14.0. The van der Waals surface area contributed by atoms with Crippen molar-refractivity contribution in [2.45, 2.75) is 57.8 Å². The van der Waals surface area contributed by atoms with Gasteiger partial charge in [0.15, 0.2) is 5.78 Å². The quantitative estimate of drug-likeness (QED) is 0.634. The Hall–Kier alpha value is -1.97. The third-order valence-electron chi connectivity index (χ3n) is 6.02. The molecule has 1 aromatic rings. The number of likely N-dealkylation sites (tertiary alicyclic amines) is 1. The van der Waals surface area contributed by atoms with E-state index in [2.05, 4.69) is 0 Å². The number of hydrogen-bond acceptors (Lipinski definition) is 3. The Kier molecular flexibility index (Phi) is 3.78. The minimum atomic E-state index is -0.506. The molecule has 2 aliphatic carbocycles. The maximum Gasteiger partial charge on any atom is 0.236 e. The average Bonchev–Trinajstić information content (AvgIpc) is 3.14. The summed E-state index contributed by atoms with van der Waals surface area (Å²) in [6.45, 7) is -0.0990. The van der Waals surface area contributed by atoms with Gasteiger partial charge in [-0.1, -0.05) is 31.4 Å². The normalized spacial score (nSPS) is 22.2. The molecule has 2 fully saturated rings. The van der Waals surface area contributed by atoms with Gasteiger partial charge in [0.25, 0.3) is 0 Å². The molecule has 3 aliphatic rings. The first-order chi connectivity index (χ1) is 11.6. The fraction of sp³-hybridized carbons (Fsp3) is 0.550. The SMILES string of the molecule is O=C(CN1C(=O)CC2(CCCCC2)C1=O)c1ccc2c(c1)CCC2. The first kappa shape index (κ1) is 15.6. The number of carbonyl (C=O) groups excluding carboxylic acids is 3. The van der Waals surface area contributed by atoms with Crippen molar-refractivity contribution in [3.8, 4) is 0 Å². The second-order valence-corrected chi connectivity index (χ2v) is 7.56. The van der Waals surface area contributed by atoms with E-state index < -0.39 is 5.41 Å². The average molecular weight is 325 g/mol. The third-order valence-corrected chi connectivity index (χ3v) is 6.02. The molecule has 1 aromatic carbocycles. The van der Waals surface area contributed by atoms with Crippen molar-refractivity contribution >= 4 is 17.6 Å². The maximum atomic E-state index is 12.8. The number of Topliss-reactive ketones (excluding diaryl/α,β-unsaturated/α-hetero) is 1. The summed E-state index contributed by atoms with van der Waals surface area (Å²) in [5.41, 5.74) is 2.68. The number of fused-ring (bicyclic) bond motifs is 1. The number of nitrogens with zero attached hydrogens (tertiary/aromatic N) is 1. The van der Waals surface area contributed by atoms with Crippen LogP contribution in [0.3, 0.4) is 0 Å². The Balaban J connectivity index is 1.51. The monoisotopic (exact) mass is 325 g/mol. The molecule has 0 aromatic heterocycles. The van der Waals surface area contributed by atoms with Gasteiger partial charge in [-0.25, -0.2) is 0 Å². The molecule has 4 heteroatoms. The van der Waals surface area contributed by atoms with Crippen LogP contribution in [0.25, 0.3) is 0 Å².